The van der Waals surface area contributed by atoms with Gasteiger partial charge in [0.25, 0.3) is 5.91 Å². The molecule has 0 radical (unpaired) electrons. The Balaban J connectivity index is 1.28. The van der Waals surface area contributed by atoms with Crippen LogP contribution in [0.3, 0.4) is 0 Å². The zero-order valence-electron chi connectivity index (χ0n) is 18.6. The van der Waals surface area contributed by atoms with Gasteiger partial charge < -0.3 is 15.5 Å². The highest BCUT2D eigenvalue weighted by Gasteiger charge is 2.27. The maximum atomic E-state index is 13.3. The summed E-state index contributed by atoms with van der Waals surface area (Å²) in [5.41, 5.74) is 4.54. The van der Waals surface area contributed by atoms with Gasteiger partial charge in [-0.25, -0.2) is 4.98 Å². The Kier molecular flexibility index (Phi) is 6.07. The molecule has 2 amide bonds. The summed E-state index contributed by atoms with van der Waals surface area (Å²) >= 11 is 0. The van der Waals surface area contributed by atoms with Gasteiger partial charge in [-0.05, 0) is 60.7 Å². The molecule has 1 fully saturated rings. The van der Waals surface area contributed by atoms with Crippen molar-refractivity contribution in [3.05, 3.63) is 83.6 Å². The van der Waals surface area contributed by atoms with Crippen molar-refractivity contribution in [2.75, 3.05) is 22.1 Å². The van der Waals surface area contributed by atoms with Gasteiger partial charge in [0.2, 0.25) is 5.91 Å². The first kappa shape index (κ1) is 21.2. The van der Waals surface area contributed by atoms with Crippen molar-refractivity contribution < 1.29 is 9.59 Å². The van der Waals surface area contributed by atoms with Crippen molar-refractivity contribution in [1.29, 1.82) is 0 Å². The fourth-order valence-electron chi connectivity index (χ4n) is 4.79. The molecule has 2 aromatic carbocycles. The summed E-state index contributed by atoms with van der Waals surface area (Å²) in [6, 6.07) is 19.5. The summed E-state index contributed by atoms with van der Waals surface area (Å²) in [7, 11) is 0. The van der Waals surface area contributed by atoms with E-state index >= 15 is 0 Å². The zero-order valence-corrected chi connectivity index (χ0v) is 18.6. The quantitative estimate of drug-likeness (QED) is 0.564. The lowest BCUT2D eigenvalue weighted by Gasteiger charge is -2.19. The van der Waals surface area contributed by atoms with E-state index in [0.29, 0.717) is 24.5 Å². The topological polar surface area (TPSA) is 74.3 Å². The predicted molar refractivity (Wildman–Crippen MR) is 130 cm³/mol. The standard InChI is InChI=1S/C27H28N4O2/c32-26(21-9-1-2-10-21)30-22-11-5-7-19(17-22)18-29-25-23(12-6-15-28-25)27(33)31-16-14-20-8-3-4-13-24(20)31/h3-8,11-13,15,17,21H,1-2,9-10,14,16,18H2,(H,28,29)(H,30,32). The molecule has 33 heavy (non-hydrogen) atoms. The molecule has 1 aliphatic carbocycles. The lowest BCUT2D eigenvalue weighted by Crippen LogP contribution is -2.29. The average molecular weight is 441 g/mol. The van der Waals surface area contributed by atoms with E-state index in [1.54, 1.807) is 12.3 Å². The van der Waals surface area contributed by atoms with Crippen molar-refractivity contribution in [2.45, 2.75) is 38.6 Å². The Morgan fingerprint density at radius 1 is 1.00 bits per heavy atom. The van der Waals surface area contributed by atoms with E-state index in [1.807, 2.05) is 53.4 Å². The Bertz CT molecular complexity index is 1170. The minimum Gasteiger partial charge on any atom is -0.365 e. The van der Waals surface area contributed by atoms with Gasteiger partial charge in [-0.15, -0.1) is 0 Å². The molecule has 0 atom stereocenters. The molecule has 5 rings (SSSR count). The van der Waals surface area contributed by atoms with Crippen molar-refractivity contribution >= 4 is 29.0 Å². The molecule has 3 aromatic rings. The fraction of sp³-hybridized carbons (Fsp3) is 0.296. The number of pyridine rings is 1. The molecule has 2 aliphatic rings. The molecule has 1 aliphatic heterocycles. The second-order valence-corrected chi connectivity index (χ2v) is 8.76. The number of carbonyl (C=O) groups excluding carboxylic acids is 2. The summed E-state index contributed by atoms with van der Waals surface area (Å²) in [5, 5.41) is 6.38. The molecule has 168 valence electrons. The van der Waals surface area contributed by atoms with Gasteiger partial charge in [0.1, 0.15) is 5.82 Å². The van der Waals surface area contributed by atoms with E-state index in [4.69, 9.17) is 0 Å². The summed E-state index contributed by atoms with van der Waals surface area (Å²) in [4.78, 5) is 32.1. The van der Waals surface area contributed by atoms with Crippen LogP contribution < -0.4 is 15.5 Å². The number of rotatable bonds is 6. The predicted octanol–water partition coefficient (Wildman–Crippen LogP) is 5.03. The number of benzene rings is 2. The van der Waals surface area contributed by atoms with Gasteiger partial charge in [-0.3, -0.25) is 9.59 Å². The van der Waals surface area contributed by atoms with Crippen LogP contribution in [0.5, 0.6) is 0 Å². The largest absolute Gasteiger partial charge is 0.365 e. The van der Waals surface area contributed by atoms with Crippen molar-refractivity contribution in [3.63, 3.8) is 0 Å². The molecule has 1 aromatic heterocycles. The molecule has 0 unspecified atom stereocenters. The van der Waals surface area contributed by atoms with Gasteiger partial charge in [0.05, 0.1) is 5.56 Å². The first-order valence-corrected chi connectivity index (χ1v) is 11.7. The number of para-hydroxylation sites is 1. The summed E-state index contributed by atoms with van der Waals surface area (Å²) in [6.07, 6.45) is 6.78. The van der Waals surface area contributed by atoms with Crippen LogP contribution in [0.2, 0.25) is 0 Å². The molecule has 0 saturated heterocycles. The molecule has 1 saturated carbocycles. The van der Waals surface area contributed by atoms with Gasteiger partial charge in [0, 0.05) is 36.6 Å². The number of nitrogens with one attached hydrogen (secondary N) is 2. The second-order valence-electron chi connectivity index (χ2n) is 8.76. The monoisotopic (exact) mass is 440 g/mol. The summed E-state index contributed by atoms with van der Waals surface area (Å²) < 4.78 is 0. The van der Waals surface area contributed by atoms with Crippen LogP contribution in [0.15, 0.2) is 66.9 Å². The molecule has 6 nitrogen and oxygen atoms in total. The third kappa shape index (κ3) is 4.60. The van der Waals surface area contributed by atoms with E-state index in [0.717, 1.165) is 49.0 Å². The van der Waals surface area contributed by atoms with Crippen LogP contribution in [0.1, 0.15) is 47.2 Å². The van der Waals surface area contributed by atoms with E-state index in [1.165, 1.54) is 5.56 Å². The molecule has 2 heterocycles. The van der Waals surface area contributed by atoms with Crippen molar-refractivity contribution in [1.82, 2.24) is 4.98 Å². The molecular weight excluding hydrogens is 412 g/mol. The van der Waals surface area contributed by atoms with Crippen molar-refractivity contribution in [3.8, 4) is 0 Å². The van der Waals surface area contributed by atoms with Gasteiger partial charge in [0.15, 0.2) is 0 Å². The van der Waals surface area contributed by atoms with Crippen molar-refractivity contribution in [2.24, 2.45) is 5.92 Å². The Morgan fingerprint density at radius 2 is 1.85 bits per heavy atom. The third-order valence-corrected chi connectivity index (χ3v) is 6.55. The number of hydrogen-bond acceptors (Lipinski definition) is 4. The fourth-order valence-corrected chi connectivity index (χ4v) is 4.79. The van der Waals surface area contributed by atoms with E-state index < -0.39 is 0 Å². The van der Waals surface area contributed by atoms with Gasteiger partial charge >= 0.3 is 0 Å². The van der Waals surface area contributed by atoms with Crippen LogP contribution in [0.25, 0.3) is 0 Å². The van der Waals surface area contributed by atoms with Gasteiger partial charge in [-0.2, -0.15) is 0 Å². The highest BCUT2D eigenvalue weighted by Crippen LogP contribution is 2.30. The molecule has 0 bridgehead atoms. The zero-order chi connectivity index (χ0) is 22.6. The van der Waals surface area contributed by atoms with E-state index in [2.05, 4.69) is 21.7 Å². The number of carbonyl (C=O) groups is 2. The second kappa shape index (κ2) is 9.45. The average Bonchev–Trinajstić information content (AvgIpc) is 3.53. The Hall–Kier alpha value is -3.67. The maximum absolute atomic E-state index is 13.3. The normalized spacial score (nSPS) is 15.3. The highest BCUT2D eigenvalue weighted by atomic mass is 16.2. The van der Waals surface area contributed by atoms with E-state index in [-0.39, 0.29) is 17.7 Å². The number of nitrogens with zero attached hydrogens (tertiary/aromatic N) is 2. The molecular formula is C27H28N4O2. The summed E-state index contributed by atoms with van der Waals surface area (Å²) in [5.74, 6) is 0.756. The van der Waals surface area contributed by atoms with Crippen LogP contribution in [-0.4, -0.2) is 23.3 Å². The van der Waals surface area contributed by atoms with Crippen LogP contribution in [-0.2, 0) is 17.8 Å². The summed E-state index contributed by atoms with van der Waals surface area (Å²) in [6.45, 7) is 1.18. The minimum absolute atomic E-state index is 0.0480. The first-order chi connectivity index (χ1) is 16.2. The lowest BCUT2D eigenvalue weighted by molar-refractivity contribution is -0.119. The van der Waals surface area contributed by atoms with Crippen LogP contribution >= 0.6 is 0 Å². The Morgan fingerprint density at radius 3 is 2.73 bits per heavy atom. The number of hydrogen-bond donors (Lipinski definition) is 2. The molecule has 6 heteroatoms. The van der Waals surface area contributed by atoms with Crippen LogP contribution in [0, 0.1) is 5.92 Å². The Labute approximate surface area is 194 Å². The number of amides is 2. The van der Waals surface area contributed by atoms with Crippen LogP contribution in [0.4, 0.5) is 17.2 Å². The van der Waals surface area contributed by atoms with Gasteiger partial charge in [-0.1, -0.05) is 43.2 Å². The van der Waals surface area contributed by atoms with E-state index in [9.17, 15) is 9.59 Å². The highest BCUT2D eigenvalue weighted by molar-refractivity contribution is 6.10. The first-order valence-electron chi connectivity index (χ1n) is 11.7. The maximum Gasteiger partial charge on any atom is 0.262 e. The molecule has 2 N–H and O–H groups in total. The lowest BCUT2D eigenvalue weighted by atomic mass is 10.1. The third-order valence-electron chi connectivity index (χ3n) is 6.55. The number of aromatic nitrogens is 1. The SMILES string of the molecule is O=C(Nc1cccc(CNc2ncccc2C(=O)N2CCc3ccccc32)c1)C1CCCC1. The number of anilines is 3. The molecule has 0 spiro atoms. The minimum atomic E-state index is -0.0480. The smallest absolute Gasteiger partial charge is 0.262 e. The number of fused-ring (bicyclic) bond motifs is 1.